The van der Waals surface area contributed by atoms with E-state index in [1.54, 1.807) is 31.2 Å². The summed E-state index contributed by atoms with van der Waals surface area (Å²) in [6, 6.07) is 15.0. The van der Waals surface area contributed by atoms with Gasteiger partial charge in [-0.3, -0.25) is 14.0 Å². The van der Waals surface area contributed by atoms with E-state index in [4.69, 9.17) is 4.74 Å². The minimum absolute atomic E-state index is 0.0333. The molecule has 1 saturated heterocycles. The summed E-state index contributed by atoms with van der Waals surface area (Å²) >= 11 is 0. The van der Waals surface area contributed by atoms with Crippen LogP contribution in [0.5, 0.6) is 5.75 Å². The Hall–Kier alpha value is -2.58. The Morgan fingerprint density at radius 2 is 1.74 bits per heavy atom. The number of hydrogen-bond donors (Lipinski definition) is 1. The standard InChI is InChI=1S/C23H29N3O4S/c1-2-31(28,29)26-17-22(30-21-12-6-5-11-20(21)26)23(27)24-15-18-9-3-4-10-19(18)16-25-13-7-8-14-25/h3-6,9-12,22H,2,7-8,13-17H2,1H3,(H,24,27)/t22-/m0/s1. The molecule has 1 amide bonds. The summed E-state index contributed by atoms with van der Waals surface area (Å²) in [6.45, 7) is 5.04. The molecule has 7 nitrogen and oxygen atoms in total. The number of nitrogens with one attached hydrogen (secondary N) is 1. The number of anilines is 1. The first kappa shape index (κ1) is 21.6. The normalized spacial score (nSPS) is 19.0. The van der Waals surface area contributed by atoms with Crippen LogP contribution in [0.1, 0.15) is 30.9 Å². The number of carbonyl (C=O) groups excluding carboxylic acids is 1. The summed E-state index contributed by atoms with van der Waals surface area (Å²) in [7, 11) is -3.52. The number of carbonyl (C=O) groups is 1. The highest BCUT2D eigenvalue weighted by Crippen LogP contribution is 2.35. The van der Waals surface area contributed by atoms with Crippen LogP contribution in [0.4, 0.5) is 5.69 Å². The SMILES string of the molecule is CCS(=O)(=O)N1C[C@@H](C(=O)NCc2ccccc2CN2CCCC2)Oc2ccccc21. The highest BCUT2D eigenvalue weighted by molar-refractivity contribution is 7.92. The number of nitrogens with zero attached hydrogens (tertiary/aromatic N) is 2. The van der Waals surface area contributed by atoms with Gasteiger partial charge >= 0.3 is 0 Å². The number of amides is 1. The van der Waals surface area contributed by atoms with Gasteiger partial charge in [0.25, 0.3) is 5.91 Å². The number of sulfonamides is 1. The molecule has 8 heteroatoms. The second-order valence-corrected chi connectivity index (χ2v) is 10.2. The van der Waals surface area contributed by atoms with Crippen LogP contribution in [-0.4, -0.2) is 50.7 Å². The van der Waals surface area contributed by atoms with Gasteiger partial charge in [-0.15, -0.1) is 0 Å². The van der Waals surface area contributed by atoms with Gasteiger partial charge in [-0.25, -0.2) is 8.42 Å². The maximum absolute atomic E-state index is 12.9. The lowest BCUT2D eigenvalue weighted by Crippen LogP contribution is -2.50. The summed E-state index contributed by atoms with van der Waals surface area (Å²) in [5.74, 6) is 0.0432. The molecular formula is C23H29N3O4S. The lowest BCUT2D eigenvalue weighted by atomic mass is 10.1. The van der Waals surface area contributed by atoms with Crippen molar-refractivity contribution in [2.75, 3.05) is 29.7 Å². The van der Waals surface area contributed by atoms with Gasteiger partial charge in [0.2, 0.25) is 10.0 Å². The van der Waals surface area contributed by atoms with Crippen LogP contribution in [-0.2, 0) is 27.9 Å². The Morgan fingerprint density at radius 3 is 2.48 bits per heavy atom. The third kappa shape index (κ3) is 4.85. The number of para-hydroxylation sites is 2. The minimum atomic E-state index is -3.52. The molecule has 2 aliphatic rings. The molecular weight excluding hydrogens is 414 g/mol. The quantitative estimate of drug-likeness (QED) is 0.711. The first-order chi connectivity index (χ1) is 15.0. The van der Waals surface area contributed by atoms with Crippen LogP contribution in [0, 0.1) is 0 Å². The fraction of sp³-hybridized carbons (Fsp3) is 0.435. The summed E-state index contributed by atoms with van der Waals surface area (Å²) < 4.78 is 32.4. The molecule has 0 saturated carbocycles. The van der Waals surface area contributed by atoms with E-state index in [2.05, 4.69) is 16.3 Å². The third-order valence-corrected chi connectivity index (χ3v) is 7.64. The molecule has 4 rings (SSSR count). The molecule has 1 fully saturated rings. The summed E-state index contributed by atoms with van der Waals surface area (Å²) in [5, 5.41) is 2.95. The zero-order valence-electron chi connectivity index (χ0n) is 17.8. The second kappa shape index (κ2) is 9.28. The maximum Gasteiger partial charge on any atom is 0.263 e. The second-order valence-electron chi connectivity index (χ2n) is 7.98. The first-order valence-corrected chi connectivity index (χ1v) is 12.4. The average Bonchev–Trinajstić information content (AvgIpc) is 3.30. The number of likely N-dealkylation sites (tertiary alicyclic amines) is 1. The van der Waals surface area contributed by atoms with Gasteiger partial charge < -0.3 is 10.1 Å². The molecule has 31 heavy (non-hydrogen) atoms. The van der Waals surface area contributed by atoms with Crippen molar-refractivity contribution in [1.29, 1.82) is 0 Å². The smallest absolute Gasteiger partial charge is 0.263 e. The lowest BCUT2D eigenvalue weighted by Gasteiger charge is -2.34. The minimum Gasteiger partial charge on any atom is -0.476 e. The fourth-order valence-electron chi connectivity index (χ4n) is 4.12. The molecule has 2 aliphatic heterocycles. The summed E-state index contributed by atoms with van der Waals surface area (Å²) in [6.07, 6.45) is 1.56. The molecule has 0 aliphatic carbocycles. The Kier molecular flexibility index (Phi) is 6.48. The first-order valence-electron chi connectivity index (χ1n) is 10.8. The van der Waals surface area contributed by atoms with Gasteiger partial charge in [0.15, 0.2) is 6.10 Å². The Morgan fingerprint density at radius 1 is 1.06 bits per heavy atom. The molecule has 0 radical (unpaired) electrons. The van der Waals surface area contributed by atoms with Crippen LogP contribution in [0.25, 0.3) is 0 Å². The third-order valence-electron chi connectivity index (χ3n) is 5.89. The van der Waals surface area contributed by atoms with Crippen LogP contribution < -0.4 is 14.4 Å². The van der Waals surface area contributed by atoms with E-state index in [1.165, 1.54) is 22.7 Å². The van der Waals surface area contributed by atoms with Gasteiger partial charge in [-0.1, -0.05) is 36.4 Å². The largest absolute Gasteiger partial charge is 0.476 e. The Balaban J connectivity index is 1.46. The van der Waals surface area contributed by atoms with E-state index in [9.17, 15) is 13.2 Å². The molecule has 0 spiro atoms. The highest BCUT2D eigenvalue weighted by atomic mass is 32.2. The Labute approximate surface area is 184 Å². The van der Waals surface area contributed by atoms with E-state index < -0.39 is 16.1 Å². The van der Waals surface area contributed by atoms with Crippen molar-refractivity contribution < 1.29 is 17.9 Å². The monoisotopic (exact) mass is 443 g/mol. The predicted molar refractivity (Wildman–Crippen MR) is 120 cm³/mol. The van der Waals surface area contributed by atoms with Gasteiger partial charge in [-0.05, 0) is 56.1 Å². The zero-order valence-corrected chi connectivity index (χ0v) is 18.6. The predicted octanol–water partition coefficient (Wildman–Crippen LogP) is 2.52. The van der Waals surface area contributed by atoms with E-state index >= 15 is 0 Å². The van der Waals surface area contributed by atoms with Gasteiger partial charge in [0.1, 0.15) is 5.75 Å². The van der Waals surface area contributed by atoms with Gasteiger partial charge in [-0.2, -0.15) is 0 Å². The molecule has 0 aromatic heterocycles. The molecule has 1 atom stereocenters. The number of hydrogen-bond acceptors (Lipinski definition) is 5. The summed E-state index contributed by atoms with van der Waals surface area (Å²) in [5.41, 5.74) is 2.75. The molecule has 0 bridgehead atoms. The number of fused-ring (bicyclic) bond motifs is 1. The molecule has 2 aromatic carbocycles. The van der Waals surface area contributed by atoms with Crippen LogP contribution in [0.15, 0.2) is 48.5 Å². The molecule has 1 N–H and O–H groups in total. The van der Waals surface area contributed by atoms with E-state index in [1.807, 2.05) is 18.2 Å². The molecule has 2 heterocycles. The van der Waals surface area contributed by atoms with Gasteiger partial charge in [0.05, 0.1) is 18.0 Å². The van der Waals surface area contributed by atoms with Gasteiger partial charge in [0, 0.05) is 13.1 Å². The van der Waals surface area contributed by atoms with Crippen molar-refractivity contribution in [2.24, 2.45) is 0 Å². The fourth-order valence-corrected chi connectivity index (χ4v) is 5.24. The van der Waals surface area contributed by atoms with Crippen molar-refractivity contribution in [3.63, 3.8) is 0 Å². The maximum atomic E-state index is 12.9. The van der Waals surface area contributed by atoms with Crippen LogP contribution in [0.2, 0.25) is 0 Å². The number of rotatable bonds is 7. The summed E-state index contributed by atoms with van der Waals surface area (Å²) in [4.78, 5) is 15.4. The van der Waals surface area contributed by atoms with Crippen molar-refractivity contribution in [3.05, 3.63) is 59.7 Å². The van der Waals surface area contributed by atoms with Crippen LogP contribution in [0.3, 0.4) is 0 Å². The van der Waals surface area contributed by atoms with Crippen LogP contribution >= 0.6 is 0 Å². The topological polar surface area (TPSA) is 79.0 Å². The zero-order chi connectivity index (χ0) is 21.8. The van der Waals surface area contributed by atoms with Crippen molar-refractivity contribution >= 4 is 21.6 Å². The van der Waals surface area contributed by atoms with E-state index in [0.717, 1.165) is 25.2 Å². The highest BCUT2D eigenvalue weighted by Gasteiger charge is 2.35. The van der Waals surface area contributed by atoms with E-state index in [-0.39, 0.29) is 18.2 Å². The molecule has 2 aromatic rings. The van der Waals surface area contributed by atoms with E-state index in [0.29, 0.717) is 18.0 Å². The molecule has 166 valence electrons. The van der Waals surface area contributed by atoms with Crippen molar-refractivity contribution in [2.45, 2.75) is 39.0 Å². The Bertz CT molecular complexity index is 1030. The average molecular weight is 444 g/mol. The lowest BCUT2D eigenvalue weighted by molar-refractivity contribution is -0.127. The van der Waals surface area contributed by atoms with Crippen molar-refractivity contribution in [3.8, 4) is 5.75 Å². The van der Waals surface area contributed by atoms with Crippen molar-refractivity contribution in [1.82, 2.24) is 10.2 Å². The molecule has 0 unspecified atom stereocenters. The number of ether oxygens (including phenoxy) is 1. The number of benzene rings is 2.